The molecule has 0 bridgehead atoms. The van der Waals surface area contributed by atoms with Crippen LogP contribution in [0.3, 0.4) is 0 Å². The first kappa shape index (κ1) is 13.7. The fourth-order valence-corrected chi connectivity index (χ4v) is 2.86. The lowest BCUT2D eigenvalue weighted by atomic mass is 10.0. The van der Waals surface area contributed by atoms with Crippen molar-refractivity contribution in [3.63, 3.8) is 0 Å². The molecule has 21 heavy (non-hydrogen) atoms. The van der Waals surface area contributed by atoms with Crippen molar-refractivity contribution in [2.75, 3.05) is 13.1 Å². The molecule has 110 valence electrons. The van der Waals surface area contributed by atoms with Crippen molar-refractivity contribution in [3.05, 3.63) is 30.4 Å². The van der Waals surface area contributed by atoms with Crippen molar-refractivity contribution in [1.82, 2.24) is 24.6 Å². The van der Waals surface area contributed by atoms with Gasteiger partial charge in [0.1, 0.15) is 6.33 Å². The third kappa shape index (κ3) is 2.94. The number of nitrogens with zero attached hydrogens (tertiary/aromatic N) is 5. The molecule has 2 aromatic heterocycles. The second kappa shape index (κ2) is 5.63. The lowest BCUT2D eigenvalue weighted by molar-refractivity contribution is -0.127. The van der Waals surface area contributed by atoms with E-state index in [1.54, 1.807) is 24.1 Å². The first-order valence-corrected chi connectivity index (χ1v) is 7.18. The van der Waals surface area contributed by atoms with Gasteiger partial charge in [0.25, 0.3) is 0 Å². The summed E-state index contributed by atoms with van der Waals surface area (Å²) in [4.78, 5) is 22.0. The van der Waals surface area contributed by atoms with Crippen LogP contribution >= 0.6 is 0 Å². The molecule has 0 unspecified atom stereocenters. The smallest absolute Gasteiger partial charge is 0.219 e. The van der Waals surface area contributed by atoms with E-state index >= 15 is 0 Å². The molecule has 6 nitrogen and oxygen atoms in total. The highest BCUT2D eigenvalue weighted by Gasteiger charge is 2.24. The SMILES string of the molecule is CC(=O)N1CC[C@@H](Cc2cc(-c3ccnn3C)ncn2)C1. The van der Waals surface area contributed by atoms with E-state index in [1.807, 2.05) is 24.1 Å². The third-order valence-electron chi connectivity index (χ3n) is 4.04. The molecule has 1 aliphatic heterocycles. The summed E-state index contributed by atoms with van der Waals surface area (Å²) in [6.45, 7) is 3.33. The third-order valence-corrected chi connectivity index (χ3v) is 4.04. The summed E-state index contributed by atoms with van der Waals surface area (Å²) in [5, 5.41) is 4.17. The van der Waals surface area contributed by atoms with Crippen LogP contribution < -0.4 is 0 Å². The molecule has 3 rings (SSSR count). The molecule has 1 aliphatic rings. The molecule has 1 atom stereocenters. The van der Waals surface area contributed by atoms with E-state index in [1.165, 1.54) is 0 Å². The topological polar surface area (TPSA) is 63.9 Å². The fraction of sp³-hybridized carbons (Fsp3) is 0.467. The van der Waals surface area contributed by atoms with Gasteiger partial charge in [0.05, 0.1) is 11.4 Å². The second-order valence-corrected chi connectivity index (χ2v) is 5.56. The van der Waals surface area contributed by atoms with E-state index in [-0.39, 0.29) is 5.91 Å². The van der Waals surface area contributed by atoms with Crippen molar-refractivity contribution in [2.45, 2.75) is 19.8 Å². The molecule has 0 N–H and O–H groups in total. The maximum atomic E-state index is 11.4. The Morgan fingerprint density at radius 3 is 2.95 bits per heavy atom. The van der Waals surface area contributed by atoms with Crippen LogP contribution in [-0.2, 0) is 18.3 Å². The van der Waals surface area contributed by atoms with Gasteiger partial charge in [-0.15, -0.1) is 0 Å². The standard InChI is InChI=1S/C15H19N5O/c1-11(21)20-6-4-12(9-20)7-13-8-14(17-10-16-13)15-3-5-18-19(15)2/h3,5,8,10,12H,4,6-7,9H2,1-2H3/t12-/m0/s1. The normalized spacial score (nSPS) is 18.2. The van der Waals surface area contributed by atoms with E-state index in [4.69, 9.17) is 0 Å². The van der Waals surface area contributed by atoms with E-state index in [2.05, 4.69) is 15.1 Å². The number of amides is 1. The first-order valence-electron chi connectivity index (χ1n) is 7.18. The molecule has 0 saturated carbocycles. The number of rotatable bonds is 3. The van der Waals surface area contributed by atoms with Gasteiger partial charge in [-0.2, -0.15) is 5.10 Å². The summed E-state index contributed by atoms with van der Waals surface area (Å²) in [5.74, 6) is 0.652. The molecule has 1 saturated heterocycles. The Balaban J connectivity index is 1.73. The van der Waals surface area contributed by atoms with Gasteiger partial charge in [0.15, 0.2) is 0 Å². The summed E-state index contributed by atoms with van der Waals surface area (Å²) in [6, 6.07) is 3.96. The van der Waals surface area contributed by atoms with Crippen molar-refractivity contribution in [3.8, 4) is 11.4 Å². The Bertz CT molecular complexity index is 651. The molecule has 3 heterocycles. The van der Waals surface area contributed by atoms with Gasteiger partial charge in [-0.25, -0.2) is 9.97 Å². The quantitative estimate of drug-likeness (QED) is 0.852. The minimum Gasteiger partial charge on any atom is -0.343 e. The number of carbonyl (C=O) groups is 1. The zero-order valence-corrected chi connectivity index (χ0v) is 12.4. The van der Waals surface area contributed by atoms with Gasteiger partial charge in [-0.1, -0.05) is 0 Å². The van der Waals surface area contributed by atoms with Crippen molar-refractivity contribution >= 4 is 5.91 Å². The number of aromatic nitrogens is 4. The van der Waals surface area contributed by atoms with Crippen LogP contribution in [0.4, 0.5) is 0 Å². The highest BCUT2D eigenvalue weighted by atomic mass is 16.2. The van der Waals surface area contributed by atoms with Gasteiger partial charge in [0, 0.05) is 39.0 Å². The molecular formula is C15H19N5O. The lowest BCUT2D eigenvalue weighted by Crippen LogP contribution is -2.26. The van der Waals surface area contributed by atoms with Gasteiger partial charge >= 0.3 is 0 Å². The van der Waals surface area contributed by atoms with Gasteiger partial charge < -0.3 is 4.90 Å². The van der Waals surface area contributed by atoms with Crippen molar-refractivity contribution < 1.29 is 4.79 Å². The summed E-state index contributed by atoms with van der Waals surface area (Å²) in [6.07, 6.45) is 5.30. The monoisotopic (exact) mass is 285 g/mol. The predicted molar refractivity (Wildman–Crippen MR) is 78.3 cm³/mol. The molecule has 0 aromatic carbocycles. The number of hydrogen-bond acceptors (Lipinski definition) is 4. The highest BCUT2D eigenvalue weighted by Crippen LogP contribution is 2.22. The van der Waals surface area contributed by atoms with Crippen LogP contribution in [-0.4, -0.2) is 43.6 Å². The molecule has 0 aliphatic carbocycles. The Morgan fingerprint density at radius 1 is 1.43 bits per heavy atom. The Morgan fingerprint density at radius 2 is 2.29 bits per heavy atom. The number of carbonyl (C=O) groups excluding carboxylic acids is 1. The molecule has 0 radical (unpaired) electrons. The van der Waals surface area contributed by atoms with Gasteiger partial charge in [0.2, 0.25) is 5.91 Å². The number of aryl methyl sites for hydroxylation is 1. The summed E-state index contributed by atoms with van der Waals surface area (Å²) >= 11 is 0. The Hall–Kier alpha value is -2.24. The minimum atomic E-state index is 0.163. The average Bonchev–Trinajstić information content (AvgIpc) is 3.08. The summed E-state index contributed by atoms with van der Waals surface area (Å²) < 4.78 is 1.80. The lowest BCUT2D eigenvalue weighted by Gasteiger charge is -2.13. The summed E-state index contributed by atoms with van der Waals surface area (Å²) in [5.41, 5.74) is 2.90. The maximum absolute atomic E-state index is 11.4. The van der Waals surface area contributed by atoms with E-state index in [9.17, 15) is 4.79 Å². The van der Waals surface area contributed by atoms with Crippen LogP contribution in [0.15, 0.2) is 24.7 Å². The van der Waals surface area contributed by atoms with E-state index in [0.717, 1.165) is 43.0 Å². The van der Waals surface area contributed by atoms with Gasteiger partial charge in [-0.05, 0) is 30.9 Å². The van der Waals surface area contributed by atoms with Crippen LogP contribution in [0.1, 0.15) is 19.0 Å². The second-order valence-electron chi connectivity index (χ2n) is 5.56. The van der Waals surface area contributed by atoms with Crippen molar-refractivity contribution in [1.29, 1.82) is 0 Å². The minimum absolute atomic E-state index is 0.163. The largest absolute Gasteiger partial charge is 0.343 e. The van der Waals surface area contributed by atoms with Crippen LogP contribution in [0.25, 0.3) is 11.4 Å². The molecule has 6 heteroatoms. The van der Waals surface area contributed by atoms with Crippen LogP contribution in [0.2, 0.25) is 0 Å². The molecule has 1 amide bonds. The van der Waals surface area contributed by atoms with Crippen molar-refractivity contribution in [2.24, 2.45) is 13.0 Å². The summed E-state index contributed by atoms with van der Waals surface area (Å²) in [7, 11) is 1.90. The Labute approximate surface area is 123 Å². The fourth-order valence-electron chi connectivity index (χ4n) is 2.86. The molecule has 0 spiro atoms. The Kier molecular flexibility index (Phi) is 3.68. The van der Waals surface area contributed by atoms with Gasteiger partial charge in [-0.3, -0.25) is 9.48 Å². The predicted octanol–water partition coefficient (Wildman–Crippen LogP) is 1.29. The molecule has 2 aromatic rings. The number of likely N-dealkylation sites (tertiary alicyclic amines) is 1. The maximum Gasteiger partial charge on any atom is 0.219 e. The molecule has 1 fully saturated rings. The molecular weight excluding hydrogens is 266 g/mol. The highest BCUT2D eigenvalue weighted by molar-refractivity contribution is 5.73. The van der Waals surface area contributed by atoms with E-state index < -0.39 is 0 Å². The average molecular weight is 285 g/mol. The number of hydrogen-bond donors (Lipinski definition) is 0. The van der Waals surface area contributed by atoms with E-state index in [0.29, 0.717) is 5.92 Å². The first-order chi connectivity index (χ1) is 10.1. The zero-order valence-electron chi connectivity index (χ0n) is 12.4. The van der Waals surface area contributed by atoms with Crippen LogP contribution in [0.5, 0.6) is 0 Å². The zero-order chi connectivity index (χ0) is 14.8. The van der Waals surface area contributed by atoms with Crippen LogP contribution in [0, 0.1) is 5.92 Å².